The molecule has 1 aromatic carbocycles. The van der Waals surface area contributed by atoms with Crippen LogP contribution in [0.25, 0.3) is 0 Å². The molecule has 0 radical (unpaired) electrons. The Kier molecular flexibility index (Phi) is 2.86. The van der Waals surface area contributed by atoms with E-state index in [9.17, 15) is 9.90 Å². The summed E-state index contributed by atoms with van der Waals surface area (Å²) in [7, 11) is 0. The Balaban J connectivity index is 1.93. The highest BCUT2D eigenvalue weighted by Gasteiger charge is 2.55. The van der Waals surface area contributed by atoms with Crippen LogP contribution < -0.4 is 0 Å². The van der Waals surface area contributed by atoms with Gasteiger partial charge in [0.25, 0.3) is 0 Å². The topological polar surface area (TPSA) is 37.3 Å². The number of fused-ring (bicyclic) bond motifs is 2. The zero-order valence-corrected chi connectivity index (χ0v) is 11.0. The second-order valence-electron chi connectivity index (χ2n) is 5.81. The first-order valence-electron chi connectivity index (χ1n) is 6.58. The molecule has 18 heavy (non-hydrogen) atoms. The van der Waals surface area contributed by atoms with Crippen LogP contribution in [0.1, 0.15) is 31.2 Å². The van der Waals surface area contributed by atoms with Crippen molar-refractivity contribution in [2.45, 2.75) is 32.1 Å². The van der Waals surface area contributed by atoms with E-state index in [2.05, 4.69) is 0 Å². The van der Waals surface area contributed by atoms with Gasteiger partial charge in [0.1, 0.15) is 0 Å². The van der Waals surface area contributed by atoms with Crippen LogP contribution in [-0.2, 0) is 11.2 Å². The largest absolute Gasteiger partial charge is 0.481 e. The number of rotatable bonds is 3. The summed E-state index contributed by atoms with van der Waals surface area (Å²) >= 11 is 6.18. The molecule has 96 valence electrons. The van der Waals surface area contributed by atoms with E-state index in [1.54, 1.807) is 0 Å². The fourth-order valence-corrected chi connectivity index (χ4v) is 4.18. The summed E-state index contributed by atoms with van der Waals surface area (Å²) in [6.45, 7) is 0. The third-order valence-corrected chi connectivity index (χ3v) is 5.23. The number of hydrogen-bond acceptors (Lipinski definition) is 1. The van der Waals surface area contributed by atoms with Crippen LogP contribution in [0.3, 0.4) is 0 Å². The Morgan fingerprint density at radius 3 is 2.72 bits per heavy atom. The van der Waals surface area contributed by atoms with Crippen LogP contribution in [0.2, 0.25) is 5.02 Å². The van der Waals surface area contributed by atoms with Gasteiger partial charge in [-0.2, -0.15) is 0 Å². The summed E-state index contributed by atoms with van der Waals surface area (Å²) < 4.78 is 0. The van der Waals surface area contributed by atoms with Crippen LogP contribution in [0.5, 0.6) is 0 Å². The second-order valence-corrected chi connectivity index (χ2v) is 6.22. The smallest absolute Gasteiger partial charge is 0.310 e. The lowest BCUT2D eigenvalue weighted by atomic mass is 9.69. The van der Waals surface area contributed by atoms with Crippen molar-refractivity contribution in [3.05, 3.63) is 34.9 Å². The average Bonchev–Trinajstić information content (AvgIpc) is 2.93. The predicted octanol–water partition coefficient (Wildman–Crippen LogP) is 3.77. The van der Waals surface area contributed by atoms with Gasteiger partial charge in [-0.1, -0.05) is 36.2 Å². The molecular weight excluding hydrogens is 248 g/mol. The fraction of sp³-hybridized carbons (Fsp3) is 0.533. The predicted molar refractivity (Wildman–Crippen MR) is 70.7 cm³/mol. The van der Waals surface area contributed by atoms with Crippen molar-refractivity contribution in [3.8, 4) is 0 Å². The van der Waals surface area contributed by atoms with E-state index in [1.807, 2.05) is 24.3 Å². The third kappa shape index (κ3) is 1.74. The summed E-state index contributed by atoms with van der Waals surface area (Å²) in [5.74, 6) is 0.333. The van der Waals surface area contributed by atoms with Gasteiger partial charge in [0, 0.05) is 5.02 Å². The molecular formula is C15H17ClO2. The molecule has 0 aliphatic heterocycles. The third-order valence-electron chi connectivity index (χ3n) is 4.87. The Labute approximate surface area is 112 Å². The van der Waals surface area contributed by atoms with Crippen molar-refractivity contribution in [3.63, 3.8) is 0 Å². The molecule has 2 aliphatic carbocycles. The van der Waals surface area contributed by atoms with Gasteiger partial charge in [0.2, 0.25) is 0 Å². The lowest BCUT2D eigenvalue weighted by Crippen LogP contribution is -2.38. The first-order valence-corrected chi connectivity index (χ1v) is 6.96. The van der Waals surface area contributed by atoms with Crippen LogP contribution in [0, 0.1) is 17.3 Å². The van der Waals surface area contributed by atoms with Gasteiger partial charge in [0.15, 0.2) is 0 Å². The average molecular weight is 265 g/mol. The molecule has 3 unspecified atom stereocenters. The summed E-state index contributed by atoms with van der Waals surface area (Å²) in [6.07, 6.45) is 4.79. The van der Waals surface area contributed by atoms with Crippen LogP contribution in [0.15, 0.2) is 24.3 Å². The molecule has 0 heterocycles. The monoisotopic (exact) mass is 264 g/mol. The molecule has 2 saturated carbocycles. The molecule has 1 aromatic rings. The minimum atomic E-state index is -0.630. The number of benzene rings is 1. The summed E-state index contributed by atoms with van der Waals surface area (Å²) in [6, 6.07) is 7.63. The molecule has 2 fully saturated rings. The highest BCUT2D eigenvalue weighted by Crippen LogP contribution is 2.57. The maximum absolute atomic E-state index is 11.8. The summed E-state index contributed by atoms with van der Waals surface area (Å²) in [4.78, 5) is 11.8. The number of carboxylic acids is 1. The number of aliphatic carboxylic acids is 1. The van der Waals surface area contributed by atoms with Gasteiger partial charge in [-0.05, 0) is 49.1 Å². The van der Waals surface area contributed by atoms with Crippen LogP contribution >= 0.6 is 11.6 Å². The SMILES string of the molecule is O=C(O)C1(Cc2ccccc2Cl)CC2CCC1C2. The molecule has 0 spiro atoms. The minimum Gasteiger partial charge on any atom is -0.481 e. The number of carboxylic acid groups (broad SMARTS) is 1. The van der Waals surface area contributed by atoms with Gasteiger partial charge in [-0.3, -0.25) is 4.79 Å². The Morgan fingerprint density at radius 1 is 1.39 bits per heavy atom. The quantitative estimate of drug-likeness (QED) is 0.902. The Hall–Kier alpha value is -1.02. The molecule has 2 nitrogen and oxygen atoms in total. The van der Waals surface area contributed by atoms with Crippen LogP contribution in [0.4, 0.5) is 0 Å². The van der Waals surface area contributed by atoms with Crippen molar-refractivity contribution in [1.29, 1.82) is 0 Å². The van der Waals surface area contributed by atoms with Crippen molar-refractivity contribution in [2.75, 3.05) is 0 Å². The van der Waals surface area contributed by atoms with Gasteiger partial charge in [-0.15, -0.1) is 0 Å². The van der Waals surface area contributed by atoms with E-state index in [0.717, 1.165) is 24.8 Å². The number of halogens is 1. The molecule has 3 rings (SSSR count). The van der Waals surface area contributed by atoms with E-state index in [0.29, 0.717) is 23.3 Å². The van der Waals surface area contributed by atoms with Gasteiger partial charge < -0.3 is 5.11 Å². The Bertz CT molecular complexity index is 485. The minimum absolute atomic E-state index is 0.344. The van der Waals surface area contributed by atoms with E-state index >= 15 is 0 Å². The van der Waals surface area contributed by atoms with Crippen molar-refractivity contribution >= 4 is 17.6 Å². The molecule has 0 aromatic heterocycles. The standard InChI is InChI=1S/C15H17ClO2/c16-13-4-2-1-3-11(13)9-15(14(17)18)8-10-5-6-12(15)7-10/h1-4,10,12H,5-9H2,(H,17,18). The highest BCUT2D eigenvalue weighted by molar-refractivity contribution is 6.31. The first kappa shape index (κ1) is 12.0. The first-order chi connectivity index (χ1) is 8.62. The van der Waals surface area contributed by atoms with Crippen molar-refractivity contribution in [2.24, 2.45) is 17.3 Å². The van der Waals surface area contributed by atoms with E-state index < -0.39 is 11.4 Å². The lowest BCUT2D eigenvalue weighted by molar-refractivity contribution is -0.152. The molecule has 3 atom stereocenters. The zero-order chi connectivity index (χ0) is 12.8. The fourth-order valence-electron chi connectivity index (χ4n) is 3.98. The number of hydrogen-bond donors (Lipinski definition) is 1. The van der Waals surface area contributed by atoms with Crippen LogP contribution in [-0.4, -0.2) is 11.1 Å². The maximum Gasteiger partial charge on any atom is 0.310 e. The maximum atomic E-state index is 11.8. The molecule has 0 amide bonds. The van der Waals surface area contributed by atoms with Gasteiger partial charge in [-0.25, -0.2) is 0 Å². The van der Waals surface area contributed by atoms with Gasteiger partial charge in [0.05, 0.1) is 5.41 Å². The molecule has 2 aliphatic rings. The zero-order valence-electron chi connectivity index (χ0n) is 10.2. The molecule has 3 heteroatoms. The van der Waals surface area contributed by atoms with Crippen molar-refractivity contribution < 1.29 is 9.90 Å². The summed E-state index contributed by atoms with van der Waals surface area (Å²) in [5, 5.41) is 10.4. The normalized spacial score (nSPS) is 33.8. The van der Waals surface area contributed by atoms with E-state index in [4.69, 9.17) is 11.6 Å². The molecule has 2 bridgehead atoms. The second kappa shape index (κ2) is 4.27. The Morgan fingerprint density at radius 2 is 2.17 bits per heavy atom. The van der Waals surface area contributed by atoms with E-state index in [1.165, 1.54) is 6.42 Å². The highest BCUT2D eigenvalue weighted by atomic mass is 35.5. The van der Waals surface area contributed by atoms with E-state index in [-0.39, 0.29) is 0 Å². The number of carbonyl (C=O) groups is 1. The molecule has 1 N–H and O–H groups in total. The summed E-state index contributed by atoms with van der Waals surface area (Å²) in [5.41, 5.74) is 0.419. The lowest BCUT2D eigenvalue weighted by Gasteiger charge is -2.34. The van der Waals surface area contributed by atoms with Gasteiger partial charge >= 0.3 is 5.97 Å². The molecule has 0 saturated heterocycles. The van der Waals surface area contributed by atoms with Crippen molar-refractivity contribution in [1.82, 2.24) is 0 Å².